The molecule has 23 heavy (non-hydrogen) atoms. The zero-order valence-electron chi connectivity index (χ0n) is 12.9. The lowest BCUT2D eigenvalue weighted by Crippen LogP contribution is -2.33. The summed E-state index contributed by atoms with van der Waals surface area (Å²) in [6.07, 6.45) is -0.581. The molecule has 2 N–H and O–H groups in total. The van der Waals surface area contributed by atoms with Gasteiger partial charge in [-0.1, -0.05) is 17.7 Å². The molecular formula is C15H18ClN3O4. The van der Waals surface area contributed by atoms with Gasteiger partial charge in [0.1, 0.15) is 5.82 Å². The maximum absolute atomic E-state index is 12.8. The monoisotopic (exact) mass is 339 g/mol. The van der Waals surface area contributed by atoms with Crippen LogP contribution in [0.3, 0.4) is 0 Å². The minimum Gasteiger partial charge on any atom is -0.465 e. The van der Waals surface area contributed by atoms with Gasteiger partial charge in [-0.2, -0.15) is 0 Å². The van der Waals surface area contributed by atoms with Gasteiger partial charge in [-0.3, -0.25) is 9.36 Å². The zero-order valence-corrected chi connectivity index (χ0v) is 13.6. The molecule has 1 unspecified atom stereocenters. The molecule has 0 spiro atoms. The molecule has 0 saturated heterocycles. The minimum absolute atomic E-state index is 0.286. The van der Waals surface area contributed by atoms with Gasteiger partial charge in [0.25, 0.3) is 5.56 Å². The second-order valence-electron chi connectivity index (χ2n) is 5.08. The Labute approximate surface area is 137 Å². The Bertz CT molecular complexity index is 775. The molecular weight excluding hydrogens is 322 g/mol. The number of nitrogens with zero attached hydrogens (tertiary/aromatic N) is 2. The number of carbonyl (C=O) groups is 1. The first kappa shape index (κ1) is 17.2. The molecule has 0 fully saturated rings. The number of aromatic nitrogens is 2. The number of rotatable bonds is 6. The molecule has 0 aliphatic rings. The number of methoxy groups -OCH3 is 1. The summed E-state index contributed by atoms with van der Waals surface area (Å²) in [4.78, 5) is 28.1. The first-order chi connectivity index (χ1) is 11.0. The van der Waals surface area contributed by atoms with Gasteiger partial charge in [0.15, 0.2) is 0 Å². The number of carboxylic acid groups (broad SMARTS) is 1. The third-order valence-electron chi connectivity index (χ3n) is 3.42. The van der Waals surface area contributed by atoms with E-state index in [0.717, 1.165) is 0 Å². The molecule has 0 radical (unpaired) electrons. The Morgan fingerprint density at radius 3 is 2.91 bits per heavy atom. The summed E-state index contributed by atoms with van der Waals surface area (Å²) in [6, 6.07) is 4.38. The van der Waals surface area contributed by atoms with Crippen molar-refractivity contribution in [2.24, 2.45) is 0 Å². The van der Waals surface area contributed by atoms with E-state index < -0.39 is 12.1 Å². The topological polar surface area (TPSA) is 93.4 Å². The fraction of sp³-hybridized carbons (Fsp3) is 0.400. The predicted octanol–water partition coefficient (Wildman–Crippen LogP) is 2.42. The quantitative estimate of drug-likeness (QED) is 0.788. The lowest BCUT2D eigenvalue weighted by atomic mass is 10.2. The maximum atomic E-state index is 12.8. The van der Waals surface area contributed by atoms with Gasteiger partial charge in [0.2, 0.25) is 0 Å². The average molecular weight is 340 g/mol. The highest BCUT2D eigenvalue weighted by Crippen LogP contribution is 2.20. The lowest BCUT2D eigenvalue weighted by molar-refractivity contribution is 0.186. The number of nitrogens with one attached hydrogen (secondary N) is 1. The van der Waals surface area contributed by atoms with E-state index in [2.05, 4.69) is 10.3 Å². The van der Waals surface area contributed by atoms with Crippen LogP contribution in [0.4, 0.5) is 4.79 Å². The van der Waals surface area contributed by atoms with Crippen LogP contribution in [0.1, 0.15) is 25.2 Å². The molecule has 1 atom stereocenters. The van der Waals surface area contributed by atoms with E-state index in [1.165, 1.54) is 4.57 Å². The fourth-order valence-electron chi connectivity index (χ4n) is 2.40. The highest BCUT2D eigenvalue weighted by molar-refractivity contribution is 6.35. The van der Waals surface area contributed by atoms with Gasteiger partial charge in [-0.15, -0.1) is 0 Å². The Balaban J connectivity index is 2.60. The van der Waals surface area contributed by atoms with Gasteiger partial charge in [-0.05, 0) is 25.5 Å². The molecule has 7 nitrogen and oxygen atoms in total. The Morgan fingerprint density at radius 2 is 2.26 bits per heavy atom. The van der Waals surface area contributed by atoms with Crippen molar-refractivity contribution in [3.63, 3.8) is 0 Å². The number of amides is 1. The number of hydrogen-bond donors (Lipinski definition) is 2. The van der Waals surface area contributed by atoms with E-state index in [1.54, 1.807) is 32.2 Å². The molecule has 1 aromatic carbocycles. The van der Waals surface area contributed by atoms with Crippen LogP contribution in [0.2, 0.25) is 5.02 Å². The summed E-state index contributed by atoms with van der Waals surface area (Å²) in [5.74, 6) is 0.350. The Morgan fingerprint density at radius 1 is 1.52 bits per heavy atom. The Kier molecular flexibility index (Phi) is 5.57. The SMILES string of the molecule is COCCCn1c(C(C)NC(=O)O)nc2cccc(Cl)c2c1=O. The van der Waals surface area contributed by atoms with Crippen molar-refractivity contribution in [3.05, 3.63) is 39.4 Å². The normalized spacial score (nSPS) is 12.3. The van der Waals surface area contributed by atoms with Crippen LogP contribution in [0.5, 0.6) is 0 Å². The second-order valence-corrected chi connectivity index (χ2v) is 5.49. The molecule has 0 bridgehead atoms. The largest absolute Gasteiger partial charge is 0.465 e. The van der Waals surface area contributed by atoms with E-state index in [-0.39, 0.29) is 5.56 Å². The molecule has 1 aromatic heterocycles. The summed E-state index contributed by atoms with van der Waals surface area (Å²) in [5.41, 5.74) is 0.158. The number of halogens is 1. The minimum atomic E-state index is -1.18. The summed E-state index contributed by atoms with van der Waals surface area (Å²) < 4.78 is 6.46. The van der Waals surface area contributed by atoms with Crippen LogP contribution >= 0.6 is 11.6 Å². The molecule has 1 heterocycles. The van der Waals surface area contributed by atoms with Crippen molar-refractivity contribution in [3.8, 4) is 0 Å². The lowest BCUT2D eigenvalue weighted by Gasteiger charge is -2.18. The van der Waals surface area contributed by atoms with Crippen LogP contribution < -0.4 is 10.9 Å². The Hall–Kier alpha value is -2.12. The van der Waals surface area contributed by atoms with Crippen molar-refractivity contribution < 1.29 is 14.6 Å². The second kappa shape index (κ2) is 7.43. The highest BCUT2D eigenvalue weighted by Gasteiger charge is 2.19. The van der Waals surface area contributed by atoms with Crippen molar-refractivity contribution in [1.29, 1.82) is 0 Å². The first-order valence-corrected chi connectivity index (χ1v) is 7.51. The van der Waals surface area contributed by atoms with Gasteiger partial charge in [0.05, 0.1) is 22.0 Å². The molecule has 2 rings (SSSR count). The third-order valence-corrected chi connectivity index (χ3v) is 3.73. The van der Waals surface area contributed by atoms with Gasteiger partial charge in [-0.25, -0.2) is 9.78 Å². The van der Waals surface area contributed by atoms with E-state index in [4.69, 9.17) is 21.4 Å². The molecule has 1 amide bonds. The zero-order chi connectivity index (χ0) is 17.0. The first-order valence-electron chi connectivity index (χ1n) is 7.13. The third kappa shape index (κ3) is 3.80. The highest BCUT2D eigenvalue weighted by atomic mass is 35.5. The maximum Gasteiger partial charge on any atom is 0.405 e. The molecule has 0 aliphatic heterocycles. The summed E-state index contributed by atoms with van der Waals surface area (Å²) in [6.45, 7) is 2.48. The molecule has 8 heteroatoms. The van der Waals surface area contributed by atoms with E-state index in [9.17, 15) is 9.59 Å². The van der Waals surface area contributed by atoms with E-state index in [1.807, 2.05) is 0 Å². The van der Waals surface area contributed by atoms with Crippen LogP contribution in [0.25, 0.3) is 10.9 Å². The van der Waals surface area contributed by atoms with Gasteiger partial charge >= 0.3 is 6.09 Å². The predicted molar refractivity (Wildman–Crippen MR) is 87.1 cm³/mol. The fourth-order valence-corrected chi connectivity index (χ4v) is 2.65. The molecule has 2 aromatic rings. The summed E-state index contributed by atoms with van der Waals surface area (Å²) >= 11 is 6.12. The van der Waals surface area contributed by atoms with Crippen molar-refractivity contribution in [2.75, 3.05) is 13.7 Å². The van der Waals surface area contributed by atoms with Gasteiger partial charge < -0.3 is 15.2 Å². The number of hydrogen-bond acceptors (Lipinski definition) is 4. The van der Waals surface area contributed by atoms with Crippen LogP contribution in [-0.2, 0) is 11.3 Å². The molecule has 0 saturated carbocycles. The smallest absolute Gasteiger partial charge is 0.405 e. The summed E-state index contributed by atoms with van der Waals surface area (Å²) in [7, 11) is 1.58. The van der Waals surface area contributed by atoms with Gasteiger partial charge in [0, 0.05) is 20.3 Å². The van der Waals surface area contributed by atoms with Crippen LogP contribution in [-0.4, -0.2) is 34.5 Å². The van der Waals surface area contributed by atoms with Crippen molar-refractivity contribution in [1.82, 2.24) is 14.9 Å². The molecule has 124 valence electrons. The average Bonchev–Trinajstić information content (AvgIpc) is 2.48. The van der Waals surface area contributed by atoms with Crippen molar-refractivity contribution in [2.45, 2.75) is 25.9 Å². The van der Waals surface area contributed by atoms with Crippen LogP contribution in [0.15, 0.2) is 23.0 Å². The number of benzene rings is 1. The van der Waals surface area contributed by atoms with Crippen LogP contribution in [0, 0.1) is 0 Å². The number of fused-ring (bicyclic) bond motifs is 1. The van der Waals surface area contributed by atoms with E-state index >= 15 is 0 Å². The van der Waals surface area contributed by atoms with E-state index in [0.29, 0.717) is 41.3 Å². The van der Waals surface area contributed by atoms with Crippen molar-refractivity contribution >= 4 is 28.6 Å². The summed E-state index contributed by atoms with van der Waals surface area (Å²) in [5, 5.41) is 11.9. The molecule has 0 aliphatic carbocycles. The standard InChI is InChI=1S/C15H18ClN3O4/c1-9(17-15(21)22)13-18-11-6-3-5-10(16)12(11)14(20)19(13)7-4-8-23-2/h3,5-6,9,17H,4,7-8H2,1-2H3,(H,21,22). The number of ether oxygens (including phenoxy) is 1.